The molecule has 1 aromatic carbocycles. The summed E-state index contributed by atoms with van der Waals surface area (Å²) in [5.74, 6) is -0.320. The summed E-state index contributed by atoms with van der Waals surface area (Å²) in [7, 11) is 0. The lowest BCUT2D eigenvalue weighted by atomic mass is 10.2. The molecule has 1 unspecified atom stereocenters. The van der Waals surface area contributed by atoms with Crippen LogP contribution < -0.4 is 16.0 Å². The molecule has 1 heterocycles. The van der Waals surface area contributed by atoms with E-state index in [1.165, 1.54) is 0 Å². The Labute approximate surface area is 131 Å². The Morgan fingerprint density at radius 2 is 2.10 bits per heavy atom. The Hall–Kier alpha value is -1.44. The van der Waals surface area contributed by atoms with Gasteiger partial charge in [-0.2, -0.15) is 0 Å². The van der Waals surface area contributed by atoms with Crippen molar-refractivity contribution in [3.8, 4) is 0 Å². The minimum atomic E-state index is -0.465. The highest BCUT2D eigenvalue weighted by molar-refractivity contribution is 9.10. The second-order valence-electron chi connectivity index (χ2n) is 4.66. The third-order valence-corrected chi connectivity index (χ3v) is 3.53. The number of ether oxygens (including phenoxy) is 1. The average Bonchev–Trinajstić information content (AvgIpc) is 2.50. The zero-order valence-corrected chi connectivity index (χ0v) is 13.1. The van der Waals surface area contributed by atoms with E-state index in [0.29, 0.717) is 19.7 Å². The molecule has 2 amide bonds. The van der Waals surface area contributed by atoms with Gasteiger partial charge in [0.1, 0.15) is 6.10 Å². The van der Waals surface area contributed by atoms with Gasteiger partial charge < -0.3 is 20.7 Å². The van der Waals surface area contributed by atoms with Crippen LogP contribution in [0, 0.1) is 0 Å². The van der Waals surface area contributed by atoms with Crippen molar-refractivity contribution in [2.75, 3.05) is 31.6 Å². The van der Waals surface area contributed by atoms with Gasteiger partial charge in [0.25, 0.3) is 0 Å². The first-order chi connectivity index (χ1) is 10.1. The van der Waals surface area contributed by atoms with Crippen LogP contribution in [0.2, 0.25) is 0 Å². The Morgan fingerprint density at radius 1 is 1.33 bits per heavy atom. The third-order valence-electron chi connectivity index (χ3n) is 3.00. The van der Waals surface area contributed by atoms with Gasteiger partial charge in [0.15, 0.2) is 0 Å². The molecule has 6 nitrogen and oxygen atoms in total. The highest BCUT2D eigenvalue weighted by Crippen LogP contribution is 2.14. The lowest BCUT2D eigenvalue weighted by Gasteiger charge is -2.22. The number of carbonyl (C=O) groups is 2. The SMILES string of the molecule is O=C(CCNC(=O)C1CNCCO1)Nc1ccc(Br)cc1. The largest absolute Gasteiger partial charge is 0.366 e. The molecule has 0 radical (unpaired) electrons. The summed E-state index contributed by atoms with van der Waals surface area (Å²) >= 11 is 3.33. The van der Waals surface area contributed by atoms with E-state index < -0.39 is 6.10 Å². The van der Waals surface area contributed by atoms with Crippen molar-refractivity contribution in [3.63, 3.8) is 0 Å². The van der Waals surface area contributed by atoms with Crippen molar-refractivity contribution in [1.29, 1.82) is 0 Å². The molecule has 0 saturated carbocycles. The molecule has 1 aromatic rings. The van der Waals surface area contributed by atoms with E-state index in [1.54, 1.807) is 0 Å². The van der Waals surface area contributed by atoms with Crippen molar-refractivity contribution in [2.45, 2.75) is 12.5 Å². The van der Waals surface area contributed by atoms with Crippen LogP contribution in [-0.2, 0) is 14.3 Å². The quantitative estimate of drug-likeness (QED) is 0.732. The zero-order chi connectivity index (χ0) is 15.1. The number of halogens is 1. The topological polar surface area (TPSA) is 79.5 Å². The molecule has 1 fully saturated rings. The Bertz CT molecular complexity index is 487. The Kier molecular flexibility index (Phi) is 6.16. The van der Waals surface area contributed by atoms with Crippen molar-refractivity contribution in [2.24, 2.45) is 0 Å². The maximum Gasteiger partial charge on any atom is 0.250 e. The monoisotopic (exact) mass is 355 g/mol. The summed E-state index contributed by atoms with van der Waals surface area (Å²) < 4.78 is 6.28. The molecule has 1 saturated heterocycles. The molecule has 114 valence electrons. The minimum Gasteiger partial charge on any atom is -0.366 e. The van der Waals surface area contributed by atoms with E-state index in [2.05, 4.69) is 31.9 Å². The molecule has 2 rings (SSSR count). The fourth-order valence-corrected chi connectivity index (χ4v) is 2.17. The van der Waals surface area contributed by atoms with Crippen molar-refractivity contribution in [3.05, 3.63) is 28.7 Å². The molecule has 0 aromatic heterocycles. The van der Waals surface area contributed by atoms with E-state index in [-0.39, 0.29) is 18.2 Å². The Morgan fingerprint density at radius 3 is 2.76 bits per heavy atom. The highest BCUT2D eigenvalue weighted by atomic mass is 79.9. The van der Waals surface area contributed by atoms with Crippen LogP contribution in [0.25, 0.3) is 0 Å². The fourth-order valence-electron chi connectivity index (χ4n) is 1.90. The highest BCUT2D eigenvalue weighted by Gasteiger charge is 2.21. The third kappa shape index (κ3) is 5.45. The van der Waals surface area contributed by atoms with Gasteiger partial charge in [-0.1, -0.05) is 15.9 Å². The van der Waals surface area contributed by atoms with E-state index in [9.17, 15) is 9.59 Å². The molecule has 1 aliphatic rings. The molecule has 3 N–H and O–H groups in total. The number of morpholine rings is 1. The van der Waals surface area contributed by atoms with Crippen molar-refractivity contribution < 1.29 is 14.3 Å². The number of carbonyl (C=O) groups excluding carboxylic acids is 2. The van der Waals surface area contributed by atoms with Crippen LogP contribution in [0.15, 0.2) is 28.7 Å². The van der Waals surface area contributed by atoms with Gasteiger partial charge >= 0.3 is 0 Å². The predicted octanol–water partition coefficient (Wildman–Crippen LogP) is 0.882. The number of benzene rings is 1. The number of rotatable bonds is 5. The van der Waals surface area contributed by atoms with Crippen LogP contribution >= 0.6 is 15.9 Å². The fraction of sp³-hybridized carbons (Fsp3) is 0.429. The minimum absolute atomic E-state index is 0.139. The van der Waals surface area contributed by atoms with Gasteiger partial charge in [-0.15, -0.1) is 0 Å². The summed E-state index contributed by atoms with van der Waals surface area (Å²) in [5.41, 5.74) is 0.731. The molecular formula is C14H18BrN3O3. The second-order valence-corrected chi connectivity index (χ2v) is 5.58. The first-order valence-electron chi connectivity index (χ1n) is 6.80. The van der Waals surface area contributed by atoms with Crippen LogP contribution in [0.5, 0.6) is 0 Å². The Balaban J connectivity index is 1.66. The van der Waals surface area contributed by atoms with Gasteiger partial charge in [-0.3, -0.25) is 9.59 Å². The van der Waals surface area contributed by atoms with E-state index in [4.69, 9.17) is 4.74 Å². The molecule has 0 aliphatic carbocycles. The summed E-state index contributed by atoms with van der Waals surface area (Å²) in [6, 6.07) is 7.32. The number of hydrogen-bond donors (Lipinski definition) is 3. The molecule has 7 heteroatoms. The first kappa shape index (κ1) is 15.9. The second kappa shape index (κ2) is 8.11. The predicted molar refractivity (Wildman–Crippen MR) is 83.0 cm³/mol. The molecule has 1 atom stereocenters. The van der Waals surface area contributed by atoms with Gasteiger partial charge in [0, 0.05) is 36.2 Å². The molecule has 1 aliphatic heterocycles. The lowest BCUT2D eigenvalue weighted by molar-refractivity contribution is -0.134. The van der Waals surface area contributed by atoms with E-state index >= 15 is 0 Å². The van der Waals surface area contributed by atoms with Gasteiger partial charge in [0.05, 0.1) is 6.61 Å². The maximum atomic E-state index is 11.8. The lowest BCUT2D eigenvalue weighted by Crippen LogP contribution is -2.48. The molecule has 0 bridgehead atoms. The standard InChI is InChI=1S/C14H18BrN3O3/c15-10-1-3-11(4-2-10)18-13(19)5-6-17-14(20)12-9-16-7-8-21-12/h1-4,12,16H,5-9H2,(H,17,20)(H,18,19). The summed E-state index contributed by atoms with van der Waals surface area (Å²) in [6.45, 7) is 2.10. The number of hydrogen-bond acceptors (Lipinski definition) is 4. The van der Waals surface area contributed by atoms with Gasteiger partial charge in [-0.25, -0.2) is 0 Å². The summed E-state index contributed by atoms with van der Waals surface area (Å²) in [6.07, 6.45) is -0.240. The number of nitrogens with one attached hydrogen (secondary N) is 3. The smallest absolute Gasteiger partial charge is 0.250 e. The van der Waals surface area contributed by atoms with Gasteiger partial charge in [-0.05, 0) is 24.3 Å². The van der Waals surface area contributed by atoms with E-state index in [1.807, 2.05) is 24.3 Å². The maximum absolute atomic E-state index is 11.8. The van der Waals surface area contributed by atoms with Crippen LogP contribution in [0.1, 0.15) is 6.42 Å². The normalized spacial score (nSPS) is 18.0. The average molecular weight is 356 g/mol. The molecular weight excluding hydrogens is 338 g/mol. The van der Waals surface area contributed by atoms with Crippen LogP contribution in [-0.4, -0.2) is 44.2 Å². The van der Waals surface area contributed by atoms with Gasteiger partial charge in [0.2, 0.25) is 11.8 Å². The first-order valence-corrected chi connectivity index (χ1v) is 7.60. The summed E-state index contributed by atoms with van der Waals surface area (Å²) in [5, 5.41) is 8.56. The number of amides is 2. The van der Waals surface area contributed by atoms with Crippen LogP contribution in [0.4, 0.5) is 5.69 Å². The van der Waals surface area contributed by atoms with Crippen molar-refractivity contribution >= 4 is 33.4 Å². The number of anilines is 1. The van der Waals surface area contributed by atoms with E-state index in [0.717, 1.165) is 16.7 Å². The van der Waals surface area contributed by atoms with Crippen molar-refractivity contribution in [1.82, 2.24) is 10.6 Å². The zero-order valence-electron chi connectivity index (χ0n) is 11.5. The van der Waals surface area contributed by atoms with Crippen LogP contribution in [0.3, 0.4) is 0 Å². The molecule has 0 spiro atoms. The summed E-state index contributed by atoms with van der Waals surface area (Å²) in [4.78, 5) is 23.5. The molecule has 21 heavy (non-hydrogen) atoms.